The van der Waals surface area contributed by atoms with Gasteiger partial charge in [0.2, 0.25) is 0 Å². The molecule has 0 aliphatic carbocycles. The monoisotopic (exact) mass is 728 g/mol. The molecule has 4 nitrogen and oxygen atoms in total. The average Bonchev–Trinajstić information content (AvgIpc) is 3.65. The zero-order chi connectivity index (χ0) is 37.9. The third kappa shape index (κ3) is 5.45. The highest BCUT2D eigenvalue weighted by atomic mass is 15.1. The van der Waals surface area contributed by atoms with Crippen molar-refractivity contribution in [3.63, 3.8) is 0 Å². The van der Waals surface area contributed by atoms with Gasteiger partial charge in [-0.1, -0.05) is 134 Å². The van der Waals surface area contributed by atoms with E-state index in [1.165, 1.54) is 21.8 Å². The van der Waals surface area contributed by atoms with Crippen LogP contribution in [0.2, 0.25) is 0 Å². The molecule has 3 heterocycles. The number of allylic oxidation sites excluding steroid dienone is 4. The first kappa shape index (κ1) is 32.8. The van der Waals surface area contributed by atoms with Gasteiger partial charge in [0.15, 0.2) is 0 Å². The van der Waals surface area contributed by atoms with E-state index in [9.17, 15) is 0 Å². The van der Waals surface area contributed by atoms with Crippen molar-refractivity contribution in [2.24, 2.45) is 0 Å². The molecule has 0 radical (unpaired) electrons. The summed E-state index contributed by atoms with van der Waals surface area (Å²) in [6.07, 6.45) is 12.0. The van der Waals surface area contributed by atoms with Gasteiger partial charge >= 0.3 is 0 Å². The second-order valence-corrected chi connectivity index (χ2v) is 14.7. The van der Waals surface area contributed by atoms with Crippen LogP contribution in [0, 0.1) is 0 Å². The molecule has 0 atom stereocenters. The van der Waals surface area contributed by atoms with E-state index in [1.807, 2.05) is 0 Å². The Hall–Kier alpha value is -7.56. The highest BCUT2D eigenvalue weighted by Gasteiger charge is 2.18. The van der Waals surface area contributed by atoms with Crippen molar-refractivity contribution in [3.05, 3.63) is 207 Å². The van der Waals surface area contributed by atoms with Crippen LogP contribution >= 0.6 is 0 Å². The molecule has 11 rings (SSSR count). The molecule has 0 saturated heterocycles. The maximum Gasteiger partial charge on any atom is 0.0971 e. The summed E-state index contributed by atoms with van der Waals surface area (Å²) in [4.78, 5) is 12.1. The number of hydrogen-bond donors (Lipinski definition) is 0. The first-order chi connectivity index (χ1) is 28.2. The fourth-order valence-corrected chi connectivity index (χ4v) is 8.75. The van der Waals surface area contributed by atoms with Crippen LogP contribution in [0.1, 0.15) is 5.56 Å². The Morgan fingerprint density at radius 1 is 0.456 bits per heavy atom. The lowest BCUT2D eigenvalue weighted by Crippen LogP contribution is -2.18. The number of aromatic nitrogens is 3. The molecular formula is C53H36N4. The Kier molecular flexibility index (Phi) is 7.68. The number of hydrogen-bond acceptors (Lipinski definition) is 3. The first-order valence-corrected chi connectivity index (χ1v) is 19.4. The van der Waals surface area contributed by atoms with Crippen molar-refractivity contribution in [1.82, 2.24) is 14.5 Å². The van der Waals surface area contributed by atoms with Crippen LogP contribution < -0.4 is 4.90 Å². The van der Waals surface area contributed by atoms with Gasteiger partial charge in [-0.25, -0.2) is 0 Å². The molecule has 0 N–H and O–H groups in total. The average molecular weight is 729 g/mol. The number of anilines is 2. The summed E-state index contributed by atoms with van der Waals surface area (Å²) in [5.74, 6) is 0. The Morgan fingerprint density at radius 3 is 1.68 bits per heavy atom. The van der Waals surface area contributed by atoms with Gasteiger partial charge in [-0.05, 0) is 93.2 Å². The quantitative estimate of drug-likeness (QED) is 0.169. The van der Waals surface area contributed by atoms with Crippen LogP contribution in [0.15, 0.2) is 201 Å². The maximum atomic E-state index is 4.87. The summed E-state index contributed by atoms with van der Waals surface area (Å²) < 4.78 is 2.38. The second kappa shape index (κ2) is 13.3. The summed E-state index contributed by atoms with van der Waals surface area (Å²) in [7, 11) is 0. The predicted molar refractivity (Wildman–Crippen MR) is 241 cm³/mol. The summed E-state index contributed by atoms with van der Waals surface area (Å²) in [6.45, 7) is 5.11. The van der Waals surface area contributed by atoms with Crippen LogP contribution in [0.3, 0.4) is 0 Å². The third-order valence-electron chi connectivity index (χ3n) is 11.4. The van der Waals surface area contributed by atoms with Crippen molar-refractivity contribution >= 4 is 71.3 Å². The lowest BCUT2D eigenvalue weighted by molar-refractivity contribution is 1.09. The molecule has 2 aromatic heterocycles. The van der Waals surface area contributed by atoms with E-state index in [0.29, 0.717) is 0 Å². The van der Waals surface area contributed by atoms with Crippen LogP contribution in [-0.4, -0.2) is 21.1 Å². The van der Waals surface area contributed by atoms with Crippen molar-refractivity contribution in [2.75, 3.05) is 11.4 Å². The van der Waals surface area contributed by atoms with Gasteiger partial charge in [-0.3, -0.25) is 9.97 Å². The van der Waals surface area contributed by atoms with Gasteiger partial charge in [-0.15, -0.1) is 0 Å². The summed E-state index contributed by atoms with van der Waals surface area (Å²) in [5, 5.41) is 7.00. The molecule has 0 fully saturated rings. The molecule has 10 aromatic rings. The van der Waals surface area contributed by atoms with E-state index in [-0.39, 0.29) is 0 Å². The largest absolute Gasteiger partial charge is 0.337 e. The van der Waals surface area contributed by atoms with E-state index in [1.54, 1.807) is 12.4 Å². The molecular weight excluding hydrogens is 693 g/mol. The fourth-order valence-electron chi connectivity index (χ4n) is 8.75. The molecule has 1 aliphatic heterocycles. The summed E-state index contributed by atoms with van der Waals surface area (Å²) in [6, 6.07) is 57.2. The van der Waals surface area contributed by atoms with E-state index in [4.69, 9.17) is 9.97 Å². The molecule has 8 aromatic carbocycles. The van der Waals surface area contributed by atoms with Crippen molar-refractivity contribution in [3.8, 4) is 27.9 Å². The Labute approximate surface area is 330 Å². The standard InChI is InChI=1S/C53H36N4/c1-35-13-3-2-10-30-56(49-21-7-4-18-42(35)49)40-16-11-14-36(31-40)38-24-26-45-47(33-38)48-34-39(25-27-46(48)53-52(45)54-28-29-55-53)37-15-12-17-41(32-37)57-50-22-8-5-19-43(50)44-20-6-9-23-51(44)57/h2-29,31-34H,1,30H2/b10-2-,13-3-. The highest BCUT2D eigenvalue weighted by Crippen LogP contribution is 2.40. The molecule has 57 heavy (non-hydrogen) atoms. The van der Waals surface area contributed by atoms with Gasteiger partial charge in [0.25, 0.3) is 0 Å². The maximum absolute atomic E-state index is 4.87. The number of para-hydroxylation sites is 3. The van der Waals surface area contributed by atoms with Gasteiger partial charge in [0.05, 0.1) is 22.1 Å². The number of fused-ring (bicyclic) bond motifs is 10. The minimum atomic E-state index is 0.742. The van der Waals surface area contributed by atoms with Crippen LogP contribution in [0.5, 0.6) is 0 Å². The van der Waals surface area contributed by atoms with Crippen molar-refractivity contribution in [1.29, 1.82) is 0 Å². The normalized spacial score (nSPS) is 14.2. The second-order valence-electron chi connectivity index (χ2n) is 14.7. The van der Waals surface area contributed by atoms with Gasteiger partial charge in [-0.2, -0.15) is 0 Å². The summed E-state index contributed by atoms with van der Waals surface area (Å²) >= 11 is 0. The summed E-state index contributed by atoms with van der Waals surface area (Å²) in [5.41, 5.74) is 14.3. The van der Waals surface area contributed by atoms with Gasteiger partial charge in [0.1, 0.15) is 0 Å². The van der Waals surface area contributed by atoms with E-state index in [0.717, 1.165) is 89.6 Å². The van der Waals surface area contributed by atoms with Crippen LogP contribution in [0.25, 0.3) is 87.9 Å². The molecule has 0 unspecified atom stereocenters. The fraction of sp³-hybridized carbons (Fsp3) is 0.0189. The van der Waals surface area contributed by atoms with Crippen LogP contribution in [0.4, 0.5) is 11.4 Å². The molecule has 4 heteroatoms. The Bertz CT molecular complexity index is 3260. The SMILES string of the molecule is C=C1/C=C\C=C/CN(c2cccc(-c3ccc4c(c3)c3cc(-c5cccc(-n6c7ccccc7c7ccccc76)c5)ccc3c3nccnc43)c2)c2ccccc21. The molecule has 0 amide bonds. The predicted octanol–water partition coefficient (Wildman–Crippen LogP) is 13.6. The minimum Gasteiger partial charge on any atom is -0.337 e. The van der Waals surface area contributed by atoms with E-state index in [2.05, 4.69) is 198 Å². The molecule has 1 aliphatic rings. The van der Waals surface area contributed by atoms with Crippen LogP contribution in [-0.2, 0) is 0 Å². The Balaban J connectivity index is 1.06. The molecule has 0 spiro atoms. The van der Waals surface area contributed by atoms with Crippen molar-refractivity contribution in [2.45, 2.75) is 0 Å². The van der Waals surface area contributed by atoms with Gasteiger partial charge in [0, 0.05) is 63.1 Å². The molecule has 0 bridgehead atoms. The first-order valence-electron chi connectivity index (χ1n) is 19.4. The zero-order valence-electron chi connectivity index (χ0n) is 31.2. The number of benzene rings is 8. The Morgan fingerprint density at radius 2 is 1.02 bits per heavy atom. The smallest absolute Gasteiger partial charge is 0.0971 e. The van der Waals surface area contributed by atoms with E-state index >= 15 is 0 Å². The minimum absolute atomic E-state index is 0.742. The lowest BCUT2D eigenvalue weighted by atomic mass is 9.93. The number of nitrogens with zero attached hydrogens (tertiary/aromatic N) is 4. The highest BCUT2D eigenvalue weighted by molar-refractivity contribution is 6.24. The van der Waals surface area contributed by atoms with Gasteiger partial charge < -0.3 is 9.47 Å². The molecule has 268 valence electrons. The topological polar surface area (TPSA) is 34.0 Å². The van der Waals surface area contributed by atoms with Crippen molar-refractivity contribution < 1.29 is 0 Å². The van der Waals surface area contributed by atoms with E-state index < -0.39 is 0 Å². The molecule has 0 saturated carbocycles. The zero-order valence-corrected chi connectivity index (χ0v) is 31.2. The number of rotatable bonds is 4. The lowest BCUT2D eigenvalue weighted by Gasteiger charge is -2.26. The third-order valence-corrected chi connectivity index (χ3v) is 11.4.